The van der Waals surface area contributed by atoms with Gasteiger partial charge < -0.3 is 15.1 Å². The molecule has 0 atom stereocenters. The summed E-state index contributed by atoms with van der Waals surface area (Å²) >= 11 is 0. The predicted molar refractivity (Wildman–Crippen MR) is 125 cm³/mol. The normalized spacial score (nSPS) is 15.0. The Kier molecular flexibility index (Phi) is 6.20. The van der Waals surface area contributed by atoms with E-state index in [1.807, 2.05) is 6.20 Å². The number of benzene rings is 1. The molecule has 10 heteroatoms. The lowest BCUT2D eigenvalue weighted by atomic mass is 10.1. The molecule has 3 heterocycles. The van der Waals surface area contributed by atoms with Crippen molar-refractivity contribution in [2.75, 3.05) is 25.0 Å². The van der Waals surface area contributed by atoms with E-state index >= 15 is 0 Å². The summed E-state index contributed by atoms with van der Waals surface area (Å²) < 4.78 is 0. The second-order valence-corrected chi connectivity index (χ2v) is 8.90. The summed E-state index contributed by atoms with van der Waals surface area (Å²) in [5.74, 6) is 0.432. The highest BCUT2D eigenvalue weighted by atomic mass is 16.2. The second-order valence-electron chi connectivity index (χ2n) is 8.90. The van der Waals surface area contributed by atoms with Crippen LogP contribution in [0.25, 0.3) is 0 Å². The minimum Gasteiger partial charge on any atom is -0.351 e. The van der Waals surface area contributed by atoms with Crippen molar-refractivity contribution >= 4 is 17.8 Å². The van der Waals surface area contributed by atoms with Gasteiger partial charge in [0.15, 0.2) is 0 Å². The van der Waals surface area contributed by atoms with E-state index in [9.17, 15) is 9.59 Å². The number of H-pyrrole nitrogens is 1. The molecule has 0 saturated heterocycles. The van der Waals surface area contributed by atoms with Crippen LogP contribution in [-0.2, 0) is 41.8 Å². The Morgan fingerprint density at radius 3 is 2.68 bits per heavy atom. The maximum absolute atomic E-state index is 12.9. The van der Waals surface area contributed by atoms with Crippen molar-refractivity contribution in [1.82, 2.24) is 35.2 Å². The zero-order valence-corrected chi connectivity index (χ0v) is 19.2. The van der Waals surface area contributed by atoms with E-state index in [0.717, 1.165) is 29.8 Å². The van der Waals surface area contributed by atoms with Crippen LogP contribution in [0.3, 0.4) is 0 Å². The summed E-state index contributed by atoms with van der Waals surface area (Å²) in [6.07, 6.45) is 6.60. The molecule has 2 aromatic heterocycles. The zero-order valence-electron chi connectivity index (χ0n) is 19.2. The molecule has 0 saturated carbocycles. The number of hydrogen-bond acceptors (Lipinski definition) is 7. The number of anilines is 1. The largest absolute Gasteiger partial charge is 0.351 e. The molecule has 5 rings (SSSR count). The van der Waals surface area contributed by atoms with E-state index < -0.39 is 0 Å². The number of carbonyl (C=O) groups is 2. The third kappa shape index (κ3) is 4.90. The molecule has 0 unspecified atom stereocenters. The van der Waals surface area contributed by atoms with Gasteiger partial charge >= 0.3 is 0 Å². The lowest BCUT2D eigenvalue weighted by Gasteiger charge is -2.30. The molecule has 2 aliphatic rings. The van der Waals surface area contributed by atoms with Crippen LogP contribution in [0.15, 0.2) is 36.7 Å². The summed E-state index contributed by atoms with van der Waals surface area (Å²) in [6, 6.07) is 8.81. The van der Waals surface area contributed by atoms with Gasteiger partial charge in [0.2, 0.25) is 17.8 Å². The van der Waals surface area contributed by atoms with Gasteiger partial charge in [-0.3, -0.25) is 9.59 Å². The second kappa shape index (κ2) is 9.58. The Morgan fingerprint density at radius 2 is 1.97 bits per heavy atom. The molecular formula is C24H28N8O2. The molecule has 1 aliphatic carbocycles. The zero-order chi connectivity index (χ0) is 23.5. The number of nitrogens with one attached hydrogen (secondary N) is 2. The average molecular weight is 461 g/mol. The molecule has 0 spiro atoms. The van der Waals surface area contributed by atoms with E-state index in [2.05, 4.69) is 50.0 Å². The van der Waals surface area contributed by atoms with Crippen molar-refractivity contribution in [3.8, 4) is 0 Å². The smallest absolute Gasteiger partial charge is 0.242 e. The topological polar surface area (TPSA) is 120 Å². The monoisotopic (exact) mass is 460 g/mol. The fraction of sp³-hybridized carbons (Fsp3) is 0.417. The highest BCUT2D eigenvalue weighted by Gasteiger charge is 2.26. The molecular weight excluding hydrogens is 432 g/mol. The Morgan fingerprint density at radius 1 is 1.18 bits per heavy atom. The molecule has 0 fully saturated rings. The first-order chi connectivity index (χ1) is 16.5. The van der Waals surface area contributed by atoms with Crippen LogP contribution in [0, 0.1) is 0 Å². The number of rotatable bonds is 7. The van der Waals surface area contributed by atoms with Crippen molar-refractivity contribution in [3.63, 3.8) is 0 Å². The van der Waals surface area contributed by atoms with Gasteiger partial charge in [-0.25, -0.2) is 9.97 Å². The fourth-order valence-corrected chi connectivity index (χ4v) is 4.65. The van der Waals surface area contributed by atoms with Crippen molar-refractivity contribution in [1.29, 1.82) is 0 Å². The summed E-state index contributed by atoms with van der Waals surface area (Å²) in [5.41, 5.74) is 5.46. The van der Waals surface area contributed by atoms with Gasteiger partial charge in [-0.1, -0.05) is 24.3 Å². The fourth-order valence-electron chi connectivity index (χ4n) is 4.65. The van der Waals surface area contributed by atoms with Gasteiger partial charge in [0.05, 0.1) is 24.1 Å². The minimum absolute atomic E-state index is 0.0469. The highest BCUT2D eigenvalue weighted by Crippen LogP contribution is 2.24. The number of fused-ring (bicyclic) bond motifs is 2. The maximum atomic E-state index is 12.9. The molecule has 1 aromatic carbocycles. The molecule has 176 valence electrons. The molecule has 1 aliphatic heterocycles. The van der Waals surface area contributed by atoms with Gasteiger partial charge in [0, 0.05) is 57.2 Å². The van der Waals surface area contributed by atoms with Crippen molar-refractivity contribution in [2.45, 2.75) is 45.2 Å². The molecule has 2 amide bonds. The number of amides is 2. The van der Waals surface area contributed by atoms with E-state index in [-0.39, 0.29) is 18.4 Å². The first-order valence-electron chi connectivity index (χ1n) is 11.6. The van der Waals surface area contributed by atoms with Crippen LogP contribution in [0.1, 0.15) is 35.0 Å². The van der Waals surface area contributed by atoms with E-state index in [1.165, 1.54) is 18.1 Å². The van der Waals surface area contributed by atoms with Gasteiger partial charge in [0.25, 0.3) is 0 Å². The molecule has 10 nitrogen and oxygen atoms in total. The average Bonchev–Trinajstić information content (AvgIpc) is 3.50. The summed E-state index contributed by atoms with van der Waals surface area (Å²) in [6.45, 7) is 2.98. The van der Waals surface area contributed by atoms with E-state index in [0.29, 0.717) is 44.5 Å². The van der Waals surface area contributed by atoms with Crippen molar-refractivity contribution in [3.05, 3.63) is 64.7 Å². The lowest BCUT2D eigenvalue weighted by Crippen LogP contribution is -2.44. The van der Waals surface area contributed by atoms with Crippen LogP contribution >= 0.6 is 0 Å². The highest BCUT2D eigenvalue weighted by molar-refractivity contribution is 5.84. The molecule has 2 N–H and O–H groups in total. The third-order valence-electron chi connectivity index (χ3n) is 6.55. The number of aromatic amines is 1. The summed E-state index contributed by atoms with van der Waals surface area (Å²) in [5, 5.41) is 13.8. The van der Waals surface area contributed by atoms with Crippen LogP contribution in [0.4, 0.5) is 5.95 Å². The van der Waals surface area contributed by atoms with Crippen LogP contribution in [0.2, 0.25) is 0 Å². The lowest BCUT2D eigenvalue weighted by molar-refractivity contribution is -0.140. The van der Waals surface area contributed by atoms with Crippen LogP contribution < -0.4 is 5.32 Å². The first-order valence-corrected chi connectivity index (χ1v) is 11.6. The number of nitrogens with zero attached hydrogens (tertiary/aromatic N) is 6. The van der Waals surface area contributed by atoms with Crippen LogP contribution in [-0.4, -0.2) is 72.7 Å². The third-order valence-corrected chi connectivity index (χ3v) is 6.55. The Hall–Kier alpha value is -3.82. The summed E-state index contributed by atoms with van der Waals surface area (Å²) in [4.78, 5) is 37.6. The van der Waals surface area contributed by atoms with E-state index in [4.69, 9.17) is 4.98 Å². The number of carbonyl (C=O) groups excluding carboxylic acids is 2. The first kappa shape index (κ1) is 22.0. The Labute approximate surface area is 197 Å². The number of aromatic nitrogens is 5. The van der Waals surface area contributed by atoms with E-state index in [1.54, 1.807) is 16.0 Å². The predicted octanol–water partition coefficient (Wildman–Crippen LogP) is 1.15. The van der Waals surface area contributed by atoms with Gasteiger partial charge in [-0.05, 0) is 24.0 Å². The van der Waals surface area contributed by atoms with Gasteiger partial charge in [-0.15, -0.1) is 0 Å². The standard InChI is InChI=1S/C24H28N8O2/c1-16(33)31(8-6-20-13-26-30-29-20)15-23(34)32-9-7-22-19(14-32)12-25-24(28-22)27-21-10-17-4-2-3-5-18(17)11-21/h2-5,12-13,21H,6-11,14-15H2,1H3,(H,25,27,28)(H,26,29,30). The SMILES string of the molecule is CC(=O)N(CCc1cn[nH]n1)CC(=O)N1CCc2nc(NC3Cc4ccccc4C3)ncc2C1. The quantitative estimate of drug-likeness (QED) is 0.543. The van der Waals surface area contributed by atoms with Crippen molar-refractivity contribution < 1.29 is 9.59 Å². The Bertz CT molecular complexity index is 1150. The molecule has 0 bridgehead atoms. The van der Waals surface area contributed by atoms with Gasteiger partial charge in [-0.2, -0.15) is 15.4 Å². The molecule has 3 aromatic rings. The summed E-state index contributed by atoms with van der Waals surface area (Å²) in [7, 11) is 0. The number of hydrogen-bond donors (Lipinski definition) is 2. The molecule has 34 heavy (non-hydrogen) atoms. The van der Waals surface area contributed by atoms with Crippen molar-refractivity contribution in [2.24, 2.45) is 0 Å². The maximum Gasteiger partial charge on any atom is 0.242 e. The van der Waals surface area contributed by atoms with Crippen LogP contribution in [0.5, 0.6) is 0 Å². The van der Waals surface area contributed by atoms with Gasteiger partial charge in [0.1, 0.15) is 0 Å². The minimum atomic E-state index is -0.137. The molecule has 0 radical (unpaired) electrons. The Balaban J connectivity index is 1.17.